The molecule has 1 aromatic heterocycles. The highest BCUT2D eigenvalue weighted by Crippen LogP contribution is 2.25. The van der Waals surface area contributed by atoms with Crippen molar-refractivity contribution in [3.63, 3.8) is 0 Å². The number of nitrogens with two attached hydrogens (primary N) is 1. The van der Waals surface area contributed by atoms with Crippen LogP contribution in [0.4, 0.5) is 4.39 Å². The number of aryl methyl sites for hydroxylation is 1. The molecule has 0 spiro atoms. The average molecular weight is 258 g/mol. The summed E-state index contributed by atoms with van der Waals surface area (Å²) in [5.41, 5.74) is 7.45. The van der Waals surface area contributed by atoms with E-state index < -0.39 is 0 Å². The van der Waals surface area contributed by atoms with Gasteiger partial charge in [-0.1, -0.05) is 18.2 Å². The summed E-state index contributed by atoms with van der Waals surface area (Å²) in [4.78, 5) is 0.984. The molecule has 0 radical (unpaired) electrons. The predicted octanol–water partition coefficient (Wildman–Crippen LogP) is 3.67. The van der Waals surface area contributed by atoms with Crippen LogP contribution in [0.15, 0.2) is 35.7 Å². The van der Waals surface area contributed by atoms with Crippen molar-refractivity contribution in [2.75, 3.05) is 0 Å². The third-order valence-electron chi connectivity index (χ3n) is 2.34. The van der Waals surface area contributed by atoms with Crippen LogP contribution in [0.3, 0.4) is 0 Å². The molecule has 2 aromatic rings. The summed E-state index contributed by atoms with van der Waals surface area (Å²) in [6.07, 6.45) is 0. The molecule has 4 heteroatoms. The molecule has 0 bridgehead atoms. The summed E-state index contributed by atoms with van der Waals surface area (Å²) in [6, 6.07) is 8.65. The first-order valence-corrected chi connectivity index (χ1v) is 5.61. The fourth-order valence-electron chi connectivity index (χ4n) is 1.51. The Bertz CT molecular complexity index is 456. The van der Waals surface area contributed by atoms with Crippen molar-refractivity contribution in [3.05, 3.63) is 57.5 Å². The molecule has 0 amide bonds. The van der Waals surface area contributed by atoms with E-state index in [4.69, 9.17) is 5.73 Å². The summed E-state index contributed by atoms with van der Waals surface area (Å²) >= 11 is 1.55. The van der Waals surface area contributed by atoms with E-state index in [0.29, 0.717) is 5.56 Å². The second-order valence-corrected chi connectivity index (χ2v) is 4.50. The number of hydrogen-bond donors (Lipinski definition) is 1. The molecule has 0 aliphatic heterocycles. The molecule has 86 valence electrons. The Balaban J connectivity index is 0.00000128. The van der Waals surface area contributed by atoms with E-state index in [1.54, 1.807) is 17.4 Å². The third-order valence-corrected chi connectivity index (χ3v) is 3.30. The lowest BCUT2D eigenvalue weighted by Crippen LogP contribution is -2.12. The molecule has 1 nitrogen and oxygen atoms in total. The van der Waals surface area contributed by atoms with Crippen LogP contribution >= 0.6 is 23.7 Å². The molecule has 0 aliphatic carbocycles. The molecule has 2 N–H and O–H groups in total. The highest BCUT2D eigenvalue weighted by atomic mass is 35.5. The Morgan fingerprint density at radius 3 is 2.62 bits per heavy atom. The standard InChI is InChI=1S/C12H12FNS.ClH/c1-8-4-5-9(10(13)7-8)12(14)11-3-2-6-15-11;/h2-7,12H,14H2,1H3;1H/t12-;/m0./s1. The quantitative estimate of drug-likeness (QED) is 0.873. The fourth-order valence-corrected chi connectivity index (χ4v) is 2.25. The van der Waals surface area contributed by atoms with Crippen LogP contribution < -0.4 is 5.73 Å². The highest BCUT2D eigenvalue weighted by molar-refractivity contribution is 7.10. The van der Waals surface area contributed by atoms with Crippen LogP contribution in [0.5, 0.6) is 0 Å². The molecule has 16 heavy (non-hydrogen) atoms. The van der Waals surface area contributed by atoms with Crippen LogP contribution in [-0.2, 0) is 0 Å². The number of hydrogen-bond acceptors (Lipinski definition) is 2. The Morgan fingerprint density at radius 2 is 2.06 bits per heavy atom. The molecule has 0 fully saturated rings. The third kappa shape index (κ3) is 2.61. The molecule has 1 atom stereocenters. The highest BCUT2D eigenvalue weighted by Gasteiger charge is 2.13. The van der Waals surface area contributed by atoms with E-state index in [9.17, 15) is 4.39 Å². The maximum atomic E-state index is 13.6. The Labute approximate surface area is 105 Å². The summed E-state index contributed by atoms with van der Waals surface area (Å²) in [6.45, 7) is 1.86. The van der Waals surface area contributed by atoms with E-state index in [0.717, 1.165) is 10.4 Å². The monoisotopic (exact) mass is 257 g/mol. The molecule has 0 unspecified atom stereocenters. The van der Waals surface area contributed by atoms with E-state index in [1.165, 1.54) is 6.07 Å². The molecular formula is C12H13ClFNS. The van der Waals surface area contributed by atoms with Gasteiger partial charge in [0.15, 0.2) is 0 Å². The molecule has 2 rings (SSSR count). The first-order chi connectivity index (χ1) is 7.18. The van der Waals surface area contributed by atoms with E-state index in [2.05, 4.69) is 0 Å². The zero-order valence-corrected chi connectivity index (χ0v) is 10.4. The van der Waals surface area contributed by atoms with Crippen molar-refractivity contribution >= 4 is 23.7 Å². The number of benzene rings is 1. The van der Waals surface area contributed by atoms with Gasteiger partial charge >= 0.3 is 0 Å². The van der Waals surface area contributed by atoms with Gasteiger partial charge in [0.05, 0.1) is 6.04 Å². The van der Waals surface area contributed by atoms with Crippen molar-refractivity contribution < 1.29 is 4.39 Å². The molecule has 0 saturated carbocycles. The molecule has 0 saturated heterocycles. The number of rotatable bonds is 2. The van der Waals surface area contributed by atoms with Gasteiger partial charge in [0.2, 0.25) is 0 Å². The Morgan fingerprint density at radius 1 is 1.31 bits per heavy atom. The summed E-state index contributed by atoms with van der Waals surface area (Å²) in [7, 11) is 0. The zero-order valence-electron chi connectivity index (χ0n) is 8.81. The van der Waals surface area contributed by atoms with E-state index >= 15 is 0 Å². The smallest absolute Gasteiger partial charge is 0.128 e. The van der Waals surface area contributed by atoms with Gasteiger partial charge in [0.25, 0.3) is 0 Å². The molecular weight excluding hydrogens is 245 g/mol. The SMILES string of the molecule is Cc1ccc([C@H](N)c2cccs2)c(F)c1.Cl. The van der Waals surface area contributed by atoms with Crippen LogP contribution in [0.1, 0.15) is 22.0 Å². The lowest BCUT2D eigenvalue weighted by Gasteiger charge is -2.11. The molecule has 1 aromatic carbocycles. The summed E-state index contributed by atoms with van der Waals surface area (Å²) in [5, 5.41) is 1.95. The minimum atomic E-state index is -0.356. The summed E-state index contributed by atoms with van der Waals surface area (Å²) in [5.74, 6) is -0.226. The van der Waals surface area contributed by atoms with Crippen molar-refractivity contribution in [3.8, 4) is 0 Å². The van der Waals surface area contributed by atoms with Crippen molar-refractivity contribution in [1.29, 1.82) is 0 Å². The fraction of sp³-hybridized carbons (Fsp3) is 0.167. The van der Waals surface area contributed by atoms with Gasteiger partial charge in [0.1, 0.15) is 5.82 Å². The van der Waals surface area contributed by atoms with Crippen LogP contribution in [0.2, 0.25) is 0 Å². The Hall–Kier alpha value is -0.900. The summed E-state index contributed by atoms with van der Waals surface area (Å²) < 4.78 is 13.6. The van der Waals surface area contributed by atoms with Gasteiger partial charge in [-0.3, -0.25) is 0 Å². The first kappa shape index (κ1) is 13.2. The van der Waals surface area contributed by atoms with Gasteiger partial charge in [-0.2, -0.15) is 0 Å². The van der Waals surface area contributed by atoms with E-state index in [-0.39, 0.29) is 24.3 Å². The maximum Gasteiger partial charge on any atom is 0.128 e. The van der Waals surface area contributed by atoms with Gasteiger partial charge < -0.3 is 5.73 Å². The lowest BCUT2D eigenvalue weighted by molar-refractivity contribution is 0.600. The van der Waals surface area contributed by atoms with Gasteiger partial charge in [0, 0.05) is 10.4 Å². The maximum absolute atomic E-state index is 13.6. The Kier molecular flexibility index (Phi) is 4.47. The second-order valence-electron chi connectivity index (χ2n) is 3.52. The topological polar surface area (TPSA) is 26.0 Å². The van der Waals surface area contributed by atoms with Crippen LogP contribution in [0, 0.1) is 12.7 Å². The largest absolute Gasteiger partial charge is 0.320 e. The van der Waals surface area contributed by atoms with Crippen molar-refractivity contribution in [1.82, 2.24) is 0 Å². The van der Waals surface area contributed by atoms with Crippen LogP contribution in [0.25, 0.3) is 0 Å². The molecule has 0 aliphatic rings. The average Bonchev–Trinajstić information content (AvgIpc) is 2.69. The van der Waals surface area contributed by atoms with Crippen molar-refractivity contribution in [2.45, 2.75) is 13.0 Å². The van der Waals surface area contributed by atoms with Crippen LogP contribution in [-0.4, -0.2) is 0 Å². The van der Waals surface area contributed by atoms with Gasteiger partial charge in [-0.15, -0.1) is 23.7 Å². The minimum Gasteiger partial charge on any atom is -0.320 e. The van der Waals surface area contributed by atoms with E-state index in [1.807, 2.05) is 30.5 Å². The normalized spacial score (nSPS) is 11.9. The van der Waals surface area contributed by atoms with Crippen molar-refractivity contribution in [2.24, 2.45) is 5.73 Å². The zero-order chi connectivity index (χ0) is 10.8. The van der Waals surface area contributed by atoms with Gasteiger partial charge in [-0.25, -0.2) is 4.39 Å². The lowest BCUT2D eigenvalue weighted by atomic mass is 10.0. The molecule has 1 heterocycles. The van der Waals surface area contributed by atoms with Gasteiger partial charge in [-0.05, 0) is 30.0 Å². The first-order valence-electron chi connectivity index (χ1n) is 4.73. The predicted molar refractivity (Wildman–Crippen MR) is 68.7 cm³/mol. The second kappa shape index (κ2) is 5.43. The number of thiophene rings is 1. The number of halogens is 2. The minimum absolute atomic E-state index is 0.